The van der Waals surface area contributed by atoms with E-state index in [1.165, 1.54) is 6.92 Å². The number of amides is 1. The lowest BCUT2D eigenvalue weighted by Gasteiger charge is -1.89. The second-order valence-electron chi connectivity index (χ2n) is 1.98. The van der Waals surface area contributed by atoms with E-state index in [9.17, 15) is 9.59 Å². The van der Waals surface area contributed by atoms with Gasteiger partial charge in [-0.25, -0.2) is 0 Å². The smallest absolute Gasteiger partial charge is 0.238 e. The number of carbonyl (C=O) groups is 2. The molecule has 1 amide bonds. The lowest BCUT2D eigenvalue weighted by atomic mass is 10.2. The molecule has 0 bridgehead atoms. The van der Waals surface area contributed by atoms with Crippen LogP contribution in [0.5, 0.6) is 0 Å². The summed E-state index contributed by atoms with van der Waals surface area (Å²) in [5, 5.41) is 0. The monoisotopic (exact) mass is 128 g/mol. The summed E-state index contributed by atoms with van der Waals surface area (Å²) in [6, 6.07) is 0. The second kappa shape index (κ2) is 4.06. The molecular weight excluding hydrogens is 118 g/mol. The van der Waals surface area contributed by atoms with Gasteiger partial charge < -0.3 is 4.79 Å². The molecule has 51 valence electrons. The number of Topliss-reactive ketones (excluding diaryl/α,β-unsaturated/α-hetero) is 1. The third-order valence-electron chi connectivity index (χ3n) is 0.933. The summed E-state index contributed by atoms with van der Waals surface area (Å²) in [7, 11) is 0. The van der Waals surface area contributed by atoms with Crippen LogP contribution in [0.15, 0.2) is 0 Å². The number of nitrogens with one attached hydrogen (secondary N) is 1. The zero-order valence-electron chi connectivity index (χ0n) is 5.44. The van der Waals surface area contributed by atoms with Crippen molar-refractivity contribution >= 4 is 11.7 Å². The van der Waals surface area contributed by atoms with E-state index in [1.54, 1.807) is 0 Å². The first kappa shape index (κ1) is 8.14. The molecule has 0 saturated carbocycles. The highest BCUT2D eigenvalue weighted by atomic mass is 16.1. The van der Waals surface area contributed by atoms with Crippen LogP contribution in [0.2, 0.25) is 0 Å². The molecule has 3 heteroatoms. The maximum absolute atomic E-state index is 10.3. The van der Waals surface area contributed by atoms with Gasteiger partial charge in [0.15, 0.2) is 0 Å². The number of carbonyl (C=O) groups excluding carboxylic acids is 2. The number of rotatable bonds is 4. The van der Waals surface area contributed by atoms with Gasteiger partial charge >= 0.3 is 0 Å². The molecule has 3 nitrogen and oxygen atoms in total. The first-order valence-corrected chi connectivity index (χ1v) is 2.87. The molecule has 0 heterocycles. The first-order chi connectivity index (χ1) is 4.13. The Labute approximate surface area is 54.2 Å². The van der Waals surface area contributed by atoms with Crippen LogP contribution in [0.25, 0.3) is 0 Å². The van der Waals surface area contributed by atoms with Gasteiger partial charge in [-0.2, -0.15) is 0 Å². The quantitative estimate of drug-likeness (QED) is 0.555. The van der Waals surface area contributed by atoms with Crippen molar-refractivity contribution in [2.24, 2.45) is 0 Å². The van der Waals surface area contributed by atoms with E-state index >= 15 is 0 Å². The summed E-state index contributed by atoms with van der Waals surface area (Å²) < 4.78 is 0. The van der Waals surface area contributed by atoms with E-state index in [4.69, 9.17) is 5.73 Å². The standard InChI is InChI=1S/C6H10NO2/c1-5(8)3-2-4-6(7)9/h7H,2-4H2,1H3. The van der Waals surface area contributed by atoms with Crippen LogP contribution < -0.4 is 5.73 Å². The molecule has 9 heavy (non-hydrogen) atoms. The maximum atomic E-state index is 10.3. The Morgan fingerprint density at radius 3 is 2.22 bits per heavy atom. The van der Waals surface area contributed by atoms with Gasteiger partial charge in [-0.05, 0) is 13.3 Å². The van der Waals surface area contributed by atoms with Crippen molar-refractivity contribution in [3.05, 3.63) is 0 Å². The minimum atomic E-state index is -0.587. The Kier molecular flexibility index (Phi) is 3.67. The molecular formula is C6H10NO2. The molecule has 0 aromatic heterocycles. The van der Waals surface area contributed by atoms with E-state index in [0.29, 0.717) is 12.8 Å². The molecule has 0 aliphatic heterocycles. The first-order valence-electron chi connectivity index (χ1n) is 2.87. The topological polar surface area (TPSA) is 57.9 Å². The van der Waals surface area contributed by atoms with Crippen molar-refractivity contribution in [1.29, 1.82) is 0 Å². The van der Waals surface area contributed by atoms with Crippen LogP contribution in [0.3, 0.4) is 0 Å². The molecule has 0 rings (SSSR count). The predicted molar refractivity (Wildman–Crippen MR) is 32.6 cm³/mol. The highest BCUT2D eigenvalue weighted by Gasteiger charge is 1.96. The van der Waals surface area contributed by atoms with Gasteiger partial charge in [-0.15, -0.1) is 0 Å². The molecule has 0 atom stereocenters. The molecule has 0 aliphatic carbocycles. The largest absolute Gasteiger partial charge is 0.300 e. The van der Waals surface area contributed by atoms with Crippen LogP contribution in [0, 0.1) is 0 Å². The van der Waals surface area contributed by atoms with E-state index < -0.39 is 5.91 Å². The van der Waals surface area contributed by atoms with Gasteiger partial charge in [0.25, 0.3) is 0 Å². The zero-order chi connectivity index (χ0) is 7.28. The maximum Gasteiger partial charge on any atom is 0.238 e. The Bertz CT molecular complexity index is 106. The zero-order valence-corrected chi connectivity index (χ0v) is 5.44. The van der Waals surface area contributed by atoms with Gasteiger partial charge in [0, 0.05) is 12.8 Å². The average molecular weight is 128 g/mol. The molecule has 0 spiro atoms. The molecule has 0 aromatic rings. The Balaban J connectivity index is 3.10. The van der Waals surface area contributed by atoms with E-state index in [-0.39, 0.29) is 12.2 Å². The van der Waals surface area contributed by atoms with E-state index in [0.717, 1.165) is 0 Å². The fourth-order valence-electron chi connectivity index (χ4n) is 0.498. The summed E-state index contributed by atoms with van der Waals surface area (Å²) in [6.45, 7) is 1.48. The van der Waals surface area contributed by atoms with Crippen molar-refractivity contribution < 1.29 is 9.59 Å². The fourth-order valence-corrected chi connectivity index (χ4v) is 0.498. The molecule has 0 aliphatic rings. The fraction of sp³-hybridized carbons (Fsp3) is 0.667. The van der Waals surface area contributed by atoms with Crippen molar-refractivity contribution in [1.82, 2.24) is 5.73 Å². The molecule has 1 radical (unpaired) electrons. The van der Waals surface area contributed by atoms with Gasteiger partial charge in [-0.1, -0.05) is 0 Å². The lowest BCUT2D eigenvalue weighted by Crippen LogP contribution is -1.98. The predicted octanol–water partition coefficient (Wildman–Crippen LogP) is 0.555. The number of hydrogen-bond donors (Lipinski definition) is 0. The van der Waals surface area contributed by atoms with Crippen molar-refractivity contribution in [3.63, 3.8) is 0 Å². The molecule has 1 N–H and O–H groups in total. The Hall–Kier alpha value is -0.860. The summed E-state index contributed by atoms with van der Waals surface area (Å²) in [5.74, 6) is -0.507. The molecule has 0 aromatic carbocycles. The summed E-state index contributed by atoms with van der Waals surface area (Å²) in [4.78, 5) is 20.2. The highest BCUT2D eigenvalue weighted by molar-refractivity contribution is 5.77. The van der Waals surface area contributed by atoms with Crippen LogP contribution >= 0.6 is 0 Å². The van der Waals surface area contributed by atoms with Gasteiger partial charge in [0.05, 0.1) is 0 Å². The lowest BCUT2D eigenvalue weighted by molar-refractivity contribution is -0.119. The molecule has 0 unspecified atom stereocenters. The minimum absolute atomic E-state index is 0.0799. The van der Waals surface area contributed by atoms with Gasteiger partial charge in [0.1, 0.15) is 5.78 Å². The number of hydrogen-bond acceptors (Lipinski definition) is 2. The SMILES string of the molecule is CC(=O)CCCC([NH])=O. The normalized spacial score (nSPS) is 9.00. The molecule has 0 fully saturated rings. The Morgan fingerprint density at radius 2 is 1.89 bits per heavy atom. The van der Waals surface area contributed by atoms with Crippen LogP contribution in [0.4, 0.5) is 0 Å². The third kappa shape index (κ3) is 7.14. The highest BCUT2D eigenvalue weighted by Crippen LogP contribution is 1.94. The van der Waals surface area contributed by atoms with Crippen LogP contribution in [0.1, 0.15) is 26.2 Å². The second-order valence-corrected chi connectivity index (χ2v) is 1.98. The van der Waals surface area contributed by atoms with E-state index in [1.807, 2.05) is 0 Å². The van der Waals surface area contributed by atoms with Crippen LogP contribution in [-0.2, 0) is 9.59 Å². The van der Waals surface area contributed by atoms with Gasteiger partial charge in [-0.3, -0.25) is 10.5 Å². The van der Waals surface area contributed by atoms with Crippen LogP contribution in [-0.4, -0.2) is 11.7 Å². The van der Waals surface area contributed by atoms with Gasteiger partial charge in [0.2, 0.25) is 5.91 Å². The van der Waals surface area contributed by atoms with E-state index in [2.05, 4.69) is 0 Å². The average Bonchev–Trinajstić information content (AvgIpc) is 1.63. The minimum Gasteiger partial charge on any atom is -0.300 e. The molecule has 0 saturated heterocycles. The number of ketones is 1. The van der Waals surface area contributed by atoms with Crippen molar-refractivity contribution in [2.75, 3.05) is 0 Å². The summed E-state index contributed by atoms with van der Waals surface area (Å²) in [5.41, 5.74) is 6.47. The van der Waals surface area contributed by atoms with Crippen molar-refractivity contribution in [3.8, 4) is 0 Å². The van der Waals surface area contributed by atoms with Crippen molar-refractivity contribution in [2.45, 2.75) is 26.2 Å². The Morgan fingerprint density at radius 1 is 1.33 bits per heavy atom. The summed E-state index contributed by atoms with van der Waals surface area (Å²) >= 11 is 0. The third-order valence-corrected chi connectivity index (χ3v) is 0.933. The summed E-state index contributed by atoms with van der Waals surface area (Å²) in [6.07, 6.45) is 1.15.